The molecular weight excluding hydrogens is 296 g/mol. The van der Waals surface area contributed by atoms with Crippen molar-refractivity contribution in [3.63, 3.8) is 0 Å². The third kappa shape index (κ3) is 18.2. The van der Waals surface area contributed by atoms with Gasteiger partial charge in [-0.1, -0.05) is 112 Å². The van der Waals surface area contributed by atoms with Gasteiger partial charge in [0, 0.05) is 0 Å². The van der Waals surface area contributed by atoms with E-state index in [4.69, 9.17) is 0 Å². The third-order valence-electron chi connectivity index (χ3n) is 3.81. The van der Waals surface area contributed by atoms with Crippen LogP contribution < -0.4 is 0 Å². The van der Waals surface area contributed by atoms with Crippen molar-refractivity contribution in [2.24, 2.45) is 0 Å². The Hall–Kier alpha value is 0.220. The van der Waals surface area contributed by atoms with Crippen LogP contribution in [0.25, 0.3) is 0 Å². The Morgan fingerprint density at radius 2 is 0.947 bits per heavy atom. The van der Waals surface area contributed by atoms with Crippen molar-refractivity contribution < 1.29 is 0 Å². The maximum absolute atomic E-state index is 3.31. The van der Waals surface area contributed by atoms with Crippen molar-refractivity contribution >= 4 is 15.9 Å². The first kappa shape index (κ1) is 19.2. The van der Waals surface area contributed by atoms with Crippen LogP contribution in [0.1, 0.15) is 103 Å². The molecular formula is C18H35Br. The van der Waals surface area contributed by atoms with Crippen LogP contribution in [-0.4, -0.2) is 0 Å². The summed E-state index contributed by atoms with van der Waals surface area (Å²) in [4.78, 5) is 1.98. The van der Waals surface area contributed by atoms with E-state index in [-0.39, 0.29) is 0 Å². The summed E-state index contributed by atoms with van der Waals surface area (Å²) in [6, 6.07) is 0. The molecule has 0 aromatic rings. The first-order valence-electron chi connectivity index (χ1n) is 8.67. The molecule has 0 bridgehead atoms. The standard InChI is InChI=1S/C18H35Br/c1-2-3-4-5-6-7-8-9-10-11-12-13-14-15-16-17-18-19/h17-18H,2-16H2,1H3/b18-17-. The van der Waals surface area contributed by atoms with Crippen molar-refractivity contribution in [3.8, 4) is 0 Å². The summed E-state index contributed by atoms with van der Waals surface area (Å²) in [5.41, 5.74) is 0. The molecule has 0 aliphatic rings. The number of unbranched alkanes of at least 4 members (excludes halogenated alkanes) is 14. The largest absolute Gasteiger partial charge is 0.0776 e. The molecule has 0 saturated heterocycles. The molecule has 0 amide bonds. The smallest absolute Gasteiger partial charge is 0.0229 e. The fraction of sp³-hybridized carbons (Fsp3) is 0.889. The van der Waals surface area contributed by atoms with Crippen molar-refractivity contribution in [3.05, 3.63) is 11.1 Å². The minimum atomic E-state index is 1.24. The first-order valence-corrected chi connectivity index (χ1v) is 9.58. The van der Waals surface area contributed by atoms with Gasteiger partial charge in [0.1, 0.15) is 0 Å². The van der Waals surface area contributed by atoms with Crippen LogP contribution in [0.3, 0.4) is 0 Å². The van der Waals surface area contributed by atoms with E-state index in [0.29, 0.717) is 0 Å². The van der Waals surface area contributed by atoms with Gasteiger partial charge in [-0.15, -0.1) is 0 Å². The second-order valence-electron chi connectivity index (χ2n) is 5.75. The Morgan fingerprint density at radius 1 is 0.579 bits per heavy atom. The Labute approximate surface area is 130 Å². The summed E-state index contributed by atoms with van der Waals surface area (Å²) in [6.07, 6.45) is 23.7. The highest BCUT2D eigenvalue weighted by Crippen LogP contribution is 2.13. The zero-order valence-corrected chi connectivity index (χ0v) is 14.7. The number of halogens is 1. The summed E-state index contributed by atoms with van der Waals surface area (Å²) in [7, 11) is 0. The highest BCUT2D eigenvalue weighted by atomic mass is 79.9. The van der Waals surface area contributed by atoms with Crippen molar-refractivity contribution in [2.75, 3.05) is 0 Å². The molecule has 0 saturated carbocycles. The Morgan fingerprint density at radius 3 is 1.32 bits per heavy atom. The average molecular weight is 331 g/mol. The Bertz CT molecular complexity index is 175. The lowest BCUT2D eigenvalue weighted by molar-refractivity contribution is 0.536. The van der Waals surface area contributed by atoms with Crippen LogP contribution in [-0.2, 0) is 0 Å². The molecule has 0 rings (SSSR count). The van der Waals surface area contributed by atoms with E-state index in [2.05, 4.69) is 28.9 Å². The molecule has 0 aromatic carbocycles. The number of hydrogen-bond donors (Lipinski definition) is 0. The predicted molar refractivity (Wildman–Crippen MR) is 93.0 cm³/mol. The van der Waals surface area contributed by atoms with Crippen LogP contribution in [0, 0.1) is 0 Å². The molecule has 0 atom stereocenters. The molecule has 0 unspecified atom stereocenters. The summed E-state index contributed by atoms with van der Waals surface area (Å²) in [5, 5.41) is 0. The van der Waals surface area contributed by atoms with Crippen LogP contribution in [0.5, 0.6) is 0 Å². The number of rotatable bonds is 15. The molecule has 0 aromatic heterocycles. The zero-order chi connectivity index (χ0) is 14.0. The van der Waals surface area contributed by atoms with Gasteiger partial charge in [0.05, 0.1) is 0 Å². The summed E-state index contributed by atoms with van der Waals surface area (Å²) < 4.78 is 0. The fourth-order valence-electron chi connectivity index (χ4n) is 2.52. The SMILES string of the molecule is CCCCCCCCCCCCCCCC/C=C\Br. The zero-order valence-electron chi connectivity index (χ0n) is 13.1. The Kier molecular flexibility index (Phi) is 18.4. The van der Waals surface area contributed by atoms with E-state index in [1.165, 1.54) is 96.3 Å². The fourth-order valence-corrected chi connectivity index (χ4v) is 2.78. The van der Waals surface area contributed by atoms with Crippen molar-refractivity contribution in [2.45, 2.75) is 103 Å². The molecule has 0 N–H and O–H groups in total. The lowest BCUT2D eigenvalue weighted by atomic mass is 10.0. The topological polar surface area (TPSA) is 0 Å². The van der Waals surface area contributed by atoms with Gasteiger partial charge in [0.15, 0.2) is 0 Å². The maximum Gasteiger partial charge on any atom is -0.0229 e. The quantitative estimate of drug-likeness (QED) is 0.269. The van der Waals surface area contributed by atoms with Crippen molar-refractivity contribution in [1.29, 1.82) is 0 Å². The summed E-state index contributed by atoms with van der Waals surface area (Å²) in [6.45, 7) is 2.29. The molecule has 0 heterocycles. The number of hydrogen-bond acceptors (Lipinski definition) is 0. The van der Waals surface area contributed by atoms with Crippen LogP contribution >= 0.6 is 15.9 Å². The molecule has 0 radical (unpaired) electrons. The molecule has 19 heavy (non-hydrogen) atoms. The normalized spacial score (nSPS) is 11.5. The van der Waals surface area contributed by atoms with E-state index in [9.17, 15) is 0 Å². The van der Waals surface area contributed by atoms with Gasteiger partial charge in [-0.2, -0.15) is 0 Å². The van der Waals surface area contributed by atoms with Crippen molar-refractivity contribution in [1.82, 2.24) is 0 Å². The van der Waals surface area contributed by atoms with E-state index >= 15 is 0 Å². The van der Waals surface area contributed by atoms with E-state index in [0.717, 1.165) is 0 Å². The van der Waals surface area contributed by atoms with Gasteiger partial charge in [-0.3, -0.25) is 0 Å². The second-order valence-corrected chi connectivity index (χ2v) is 6.28. The van der Waals surface area contributed by atoms with Crippen LogP contribution in [0.4, 0.5) is 0 Å². The maximum atomic E-state index is 3.31. The molecule has 114 valence electrons. The highest BCUT2D eigenvalue weighted by Gasteiger charge is 1.93. The monoisotopic (exact) mass is 330 g/mol. The first-order chi connectivity index (χ1) is 9.41. The highest BCUT2D eigenvalue weighted by molar-refractivity contribution is 9.11. The summed E-state index contributed by atoms with van der Waals surface area (Å²) >= 11 is 3.31. The number of allylic oxidation sites excluding steroid dienone is 1. The minimum absolute atomic E-state index is 1.24. The molecule has 1 heteroatoms. The third-order valence-corrected chi connectivity index (χ3v) is 4.19. The van der Waals surface area contributed by atoms with Crippen LogP contribution in [0.15, 0.2) is 11.1 Å². The summed E-state index contributed by atoms with van der Waals surface area (Å²) in [5.74, 6) is 0. The minimum Gasteiger partial charge on any atom is -0.0776 e. The molecule has 0 aliphatic carbocycles. The predicted octanol–water partition coefficient (Wildman–Crippen LogP) is 7.77. The van der Waals surface area contributed by atoms with E-state index in [1.807, 2.05) is 4.99 Å². The van der Waals surface area contributed by atoms with Gasteiger partial charge in [0.25, 0.3) is 0 Å². The molecule has 0 spiro atoms. The van der Waals surface area contributed by atoms with Gasteiger partial charge in [0.2, 0.25) is 0 Å². The molecule has 0 aliphatic heterocycles. The lowest BCUT2D eigenvalue weighted by Gasteiger charge is -2.02. The van der Waals surface area contributed by atoms with Gasteiger partial charge >= 0.3 is 0 Å². The molecule has 0 fully saturated rings. The van der Waals surface area contributed by atoms with E-state index in [1.54, 1.807) is 0 Å². The van der Waals surface area contributed by atoms with Gasteiger partial charge < -0.3 is 0 Å². The van der Waals surface area contributed by atoms with E-state index < -0.39 is 0 Å². The van der Waals surface area contributed by atoms with Gasteiger partial charge in [-0.25, -0.2) is 0 Å². The molecule has 0 nitrogen and oxygen atoms in total. The van der Waals surface area contributed by atoms with Crippen LogP contribution in [0.2, 0.25) is 0 Å². The average Bonchev–Trinajstić information content (AvgIpc) is 2.43. The lowest BCUT2D eigenvalue weighted by Crippen LogP contribution is -1.83. The van der Waals surface area contributed by atoms with Gasteiger partial charge in [-0.05, 0) is 17.8 Å². The second kappa shape index (κ2) is 18.2. The Balaban J connectivity index is 2.91.